The number of H-pyrrole nitrogens is 1. The van der Waals surface area contributed by atoms with Crippen LogP contribution in [0.4, 0.5) is 5.69 Å². The Kier molecular flexibility index (Phi) is 4.06. The first kappa shape index (κ1) is 13.7. The van der Waals surface area contributed by atoms with Gasteiger partial charge in [-0.2, -0.15) is 5.26 Å². The molecule has 0 spiro atoms. The zero-order valence-electron chi connectivity index (χ0n) is 11.1. The van der Waals surface area contributed by atoms with Crippen molar-refractivity contribution >= 4 is 5.69 Å². The Hall–Kier alpha value is -2.74. The van der Waals surface area contributed by atoms with E-state index in [0.29, 0.717) is 29.3 Å². The van der Waals surface area contributed by atoms with E-state index in [2.05, 4.69) is 4.98 Å². The van der Waals surface area contributed by atoms with Crippen LogP contribution in [0.1, 0.15) is 18.9 Å². The summed E-state index contributed by atoms with van der Waals surface area (Å²) in [5.41, 5.74) is 7.31. The van der Waals surface area contributed by atoms with Crippen molar-refractivity contribution in [1.29, 1.82) is 5.26 Å². The van der Waals surface area contributed by atoms with Crippen LogP contribution in [0, 0.1) is 11.3 Å². The number of ether oxygens (including phenoxy) is 1. The molecule has 2 aromatic rings. The molecule has 0 amide bonds. The van der Waals surface area contributed by atoms with Gasteiger partial charge in [0.05, 0.1) is 12.3 Å². The number of nitrogens with two attached hydrogens (primary N) is 1. The average molecular weight is 269 g/mol. The lowest BCUT2D eigenvalue weighted by Crippen LogP contribution is -2.10. The summed E-state index contributed by atoms with van der Waals surface area (Å²) in [6.07, 6.45) is 0.883. The van der Waals surface area contributed by atoms with Crippen LogP contribution < -0.4 is 16.0 Å². The van der Waals surface area contributed by atoms with Gasteiger partial charge in [-0.1, -0.05) is 6.92 Å². The van der Waals surface area contributed by atoms with Gasteiger partial charge in [-0.15, -0.1) is 0 Å². The van der Waals surface area contributed by atoms with E-state index in [4.69, 9.17) is 15.7 Å². The highest BCUT2D eigenvalue weighted by atomic mass is 16.5. The molecule has 1 aromatic carbocycles. The lowest BCUT2D eigenvalue weighted by Gasteiger charge is -2.11. The minimum atomic E-state index is -0.422. The van der Waals surface area contributed by atoms with Gasteiger partial charge >= 0.3 is 0 Å². The highest BCUT2D eigenvalue weighted by Crippen LogP contribution is 2.30. The molecule has 5 nitrogen and oxygen atoms in total. The van der Waals surface area contributed by atoms with E-state index in [9.17, 15) is 4.79 Å². The smallest absolute Gasteiger partial charge is 0.266 e. The Morgan fingerprint density at radius 3 is 2.80 bits per heavy atom. The number of aromatic nitrogens is 1. The molecule has 1 aromatic heterocycles. The van der Waals surface area contributed by atoms with E-state index in [1.807, 2.05) is 13.0 Å². The summed E-state index contributed by atoms with van der Waals surface area (Å²) in [4.78, 5) is 14.4. The largest absolute Gasteiger partial charge is 0.493 e. The highest BCUT2D eigenvalue weighted by Gasteiger charge is 2.09. The minimum absolute atomic E-state index is 0.0775. The Morgan fingerprint density at radius 2 is 2.15 bits per heavy atom. The fourth-order valence-corrected chi connectivity index (χ4v) is 1.81. The summed E-state index contributed by atoms with van der Waals surface area (Å²) < 4.78 is 5.65. The van der Waals surface area contributed by atoms with Crippen molar-refractivity contribution in [2.45, 2.75) is 13.3 Å². The SMILES string of the molecule is CCCOc1ccc(N)cc1-c1ccc(C#N)c(=O)[nH]1. The van der Waals surface area contributed by atoms with Crippen molar-refractivity contribution in [3.63, 3.8) is 0 Å². The maximum absolute atomic E-state index is 11.7. The number of nitrogens with zero attached hydrogens (tertiary/aromatic N) is 1. The number of nitrogens with one attached hydrogen (secondary N) is 1. The second kappa shape index (κ2) is 5.93. The van der Waals surface area contributed by atoms with E-state index in [1.165, 1.54) is 6.07 Å². The molecule has 0 atom stereocenters. The Morgan fingerprint density at radius 1 is 1.35 bits per heavy atom. The Bertz CT molecular complexity index is 714. The predicted octanol–water partition coefficient (Wildman–Crippen LogP) is 2.28. The molecule has 20 heavy (non-hydrogen) atoms. The normalized spacial score (nSPS) is 10.0. The maximum atomic E-state index is 11.7. The van der Waals surface area contributed by atoms with Gasteiger partial charge in [0.2, 0.25) is 0 Å². The number of benzene rings is 1. The van der Waals surface area contributed by atoms with Gasteiger partial charge in [-0.3, -0.25) is 4.79 Å². The molecular formula is C15H15N3O2. The highest BCUT2D eigenvalue weighted by molar-refractivity contribution is 5.71. The number of hydrogen-bond donors (Lipinski definition) is 2. The quantitative estimate of drug-likeness (QED) is 0.833. The van der Waals surface area contributed by atoms with E-state index in [-0.39, 0.29) is 5.56 Å². The monoisotopic (exact) mass is 269 g/mol. The van der Waals surface area contributed by atoms with E-state index < -0.39 is 5.56 Å². The zero-order valence-corrected chi connectivity index (χ0v) is 11.1. The molecule has 0 saturated heterocycles. The molecule has 0 aliphatic rings. The van der Waals surface area contributed by atoms with Crippen molar-refractivity contribution < 1.29 is 4.74 Å². The van der Waals surface area contributed by atoms with E-state index in [1.54, 1.807) is 24.3 Å². The molecule has 3 N–H and O–H groups in total. The zero-order chi connectivity index (χ0) is 14.5. The molecule has 0 aliphatic heterocycles. The maximum Gasteiger partial charge on any atom is 0.266 e. The first-order valence-electron chi connectivity index (χ1n) is 6.32. The summed E-state index contributed by atoms with van der Waals surface area (Å²) in [7, 11) is 0. The van der Waals surface area contributed by atoms with Gasteiger partial charge in [0.25, 0.3) is 5.56 Å². The third-order valence-electron chi connectivity index (χ3n) is 2.79. The van der Waals surface area contributed by atoms with Gasteiger partial charge in [-0.25, -0.2) is 0 Å². The minimum Gasteiger partial charge on any atom is -0.493 e. The summed E-state index contributed by atoms with van der Waals surface area (Å²) >= 11 is 0. The van der Waals surface area contributed by atoms with Gasteiger partial charge in [-0.05, 0) is 36.8 Å². The molecule has 0 radical (unpaired) electrons. The third-order valence-corrected chi connectivity index (χ3v) is 2.79. The molecule has 1 heterocycles. The van der Waals surface area contributed by atoms with E-state index >= 15 is 0 Å². The molecule has 2 rings (SSSR count). The number of pyridine rings is 1. The third kappa shape index (κ3) is 2.81. The van der Waals surface area contributed by atoms with Crippen LogP contribution in [0.2, 0.25) is 0 Å². The van der Waals surface area contributed by atoms with Crippen LogP contribution in [0.5, 0.6) is 5.75 Å². The van der Waals surface area contributed by atoms with Crippen molar-refractivity contribution in [3.05, 3.63) is 46.2 Å². The standard InChI is InChI=1S/C15H15N3O2/c1-2-7-20-14-6-4-11(17)8-12(14)13-5-3-10(9-16)15(19)18-13/h3-6,8H,2,7,17H2,1H3,(H,18,19). The predicted molar refractivity (Wildman–Crippen MR) is 77.4 cm³/mol. The van der Waals surface area contributed by atoms with Crippen LogP contribution >= 0.6 is 0 Å². The van der Waals surface area contributed by atoms with Crippen LogP contribution in [-0.2, 0) is 0 Å². The lowest BCUT2D eigenvalue weighted by molar-refractivity contribution is 0.318. The van der Waals surface area contributed by atoms with Crippen LogP contribution in [-0.4, -0.2) is 11.6 Å². The van der Waals surface area contributed by atoms with Crippen LogP contribution in [0.3, 0.4) is 0 Å². The van der Waals surface area contributed by atoms with E-state index in [0.717, 1.165) is 6.42 Å². The topological polar surface area (TPSA) is 91.9 Å². The number of anilines is 1. The second-order valence-electron chi connectivity index (χ2n) is 4.33. The van der Waals surface area contributed by atoms with Crippen LogP contribution in [0.25, 0.3) is 11.3 Å². The fraction of sp³-hybridized carbons (Fsp3) is 0.200. The molecular weight excluding hydrogens is 254 g/mol. The van der Waals surface area contributed by atoms with Crippen molar-refractivity contribution in [2.24, 2.45) is 0 Å². The van der Waals surface area contributed by atoms with Gasteiger partial charge in [0.15, 0.2) is 0 Å². The number of nitrogen functional groups attached to an aromatic ring is 1. The fourth-order valence-electron chi connectivity index (χ4n) is 1.81. The summed E-state index contributed by atoms with van der Waals surface area (Å²) in [5, 5.41) is 8.78. The van der Waals surface area contributed by atoms with Crippen LogP contribution in [0.15, 0.2) is 35.1 Å². The molecule has 0 fully saturated rings. The number of rotatable bonds is 4. The van der Waals surface area contributed by atoms with Gasteiger partial charge < -0.3 is 15.5 Å². The Labute approximate surface area is 116 Å². The van der Waals surface area contributed by atoms with Gasteiger partial charge in [0, 0.05) is 11.3 Å². The molecule has 0 bridgehead atoms. The summed E-state index contributed by atoms with van der Waals surface area (Å²) in [6, 6.07) is 10.3. The number of aromatic amines is 1. The molecule has 0 unspecified atom stereocenters. The summed E-state index contributed by atoms with van der Waals surface area (Å²) in [6.45, 7) is 2.60. The van der Waals surface area contributed by atoms with Crippen molar-refractivity contribution in [2.75, 3.05) is 12.3 Å². The molecule has 5 heteroatoms. The number of nitriles is 1. The first-order chi connectivity index (χ1) is 9.65. The van der Waals surface area contributed by atoms with Crippen molar-refractivity contribution in [1.82, 2.24) is 4.98 Å². The summed E-state index contributed by atoms with van der Waals surface area (Å²) in [5.74, 6) is 0.654. The Balaban J connectivity index is 2.51. The second-order valence-corrected chi connectivity index (χ2v) is 4.33. The molecule has 102 valence electrons. The first-order valence-corrected chi connectivity index (χ1v) is 6.32. The lowest BCUT2D eigenvalue weighted by atomic mass is 10.1. The average Bonchev–Trinajstić information content (AvgIpc) is 2.46. The van der Waals surface area contributed by atoms with Crippen molar-refractivity contribution in [3.8, 4) is 23.1 Å². The molecule has 0 aliphatic carbocycles. The van der Waals surface area contributed by atoms with Gasteiger partial charge in [0.1, 0.15) is 17.4 Å². The number of hydrogen-bond acceptors (Lipinski definition) is 4. The molecule has 0 saturated carbocycles.